The van der Waals surface area contributed by atoms with Crippen LogP contribution in [0.5, 0.6) is 11.5 Å². The van der Waals surface area contributed by atoms with Crippen molar-refractivity contribution in [2.24, 2.45) is 0 Å². The number of hydrogen-bond donors (Lipinski definition) is 0. The van der Waals surface area contributed by atoms with Crippen LogP contribution in [0.1, 0.15) is 36.8 Å². The number of rotatable bonds is 7. The van der Waals surface area contributed by atoms with Crippen LogP contribution in [0.25, 0.3) is 0 Å². The molecular weight excluding hydrogens is 489 g/mol. The monoisotopic (exact) mass is 502 g/mol. The van der Waals surface area contributed by atoms with Gasteiger partial charge in [0.25, 0.3) is 0 Å². The number of carbonyl (C=O) groups is 2. The van der Waals surface area contributed by atoms with Crippen molar-refractivity contribution < 1.29 is 45.4 Å². The van der Waals surface area contributed by atoms with Gasteiger partial charge in [-0.3, -0.25) is 9.59 Å². The molecule has 0 fully saturated rings. The summed E-state index contributed by atoms with van der Waals surface area (Å²) in [6.07, 6.45) is -9.60. The second kappa shape index (κ2) is 10.4. The van der Waals surface area contributed by atoms with Crippen LogP contribution < -0.4 is 9.47 Å². The van der Waals surface area contributed by atoms with Crippen LogP contribution in [0.15, 0.2) is 36.4 Å². The maximum Gasteiger partial charge on any atom is 0.417 e. The zero-order chi connectivity index (χ0) is 24.1. The van der Waals surface area contributed by atoms with Crippen molar-refractivity contribution in [1.29, 1.82) is 0 Å². The lowest BCUT2D eigenvalue weighted by molar-refractivity contribution is -0.139. The van der Waals surface area contributed by atoms with E-state index >= 15 is 0 Å². The number of unbranched alkanes of at least 4 members (excludes halogenated alkanes) is 1. The third-order valence-electron chi connectivity index (χ3n) is 3.96. The molecule has 0 aliphatic rings. The van der Waals surface area contributed by atoms with Crippen LogP contribution in [0, 0.1) is 0 Å². The minimum atomic E-state index is -4.72. The highest BCUT2D eigenvalue weighted by atomic mass is 35.5. The molecule has 0 amide bonds. The van der Waals surface area contributed by atoms with Gasteiger partial charge in [0.2, 0.25) is 0 Å². The Hall–Kier alpha value is -2.46. The smallest absolute Gasteiger partial charge is 0.417 e. The number of alkyl halides is 6. The molecule has 0 atom stereocenters. The number of ether oxygens (including phenoxy) is 2. The molecule has 2 rings (SSSR count). The highest BCUT2D eigenvalue weighted by Crippen LogP contribution is 2.37. The number of carbonyl (C=O) groups excluding carboxylic acids is 2. The lowest BCUT2D eigenvalue weighted by Crippen LogP contribution is -2.12. The van der Waals surface area contributed by atoms with E-state index in [4.69, 9.17) is 32.7 Å². The molecule has 0 aromatic heterocycles. The van der Waals surface area contributed by atoms with Crippen molar-refractivity contribution >= 4 is 35.1 Å². The van der Waals surface area contributed by atoms with Gasteiger partial charge in [0.05, 0.1) is 21.2 Å². The molecule has 0 saturated carbocycles. The van der Waals surface area contributed by atoms with Crippen molar-refractivity contribution in [2.45, 2.75) is 38.0 Å². The summed E-state index contributed by atoms with van der Waals surface area (Å²) in [5.41, 5.74) is -2.30. The first-order valence-electron chi connectivity index (χ1n) is 8.92. The molecule has 0 spiro atoms. The van der Waals surface area contributed by atoms with Gasteiger partial charge < -0.3 is 9.47 Å². The molecule has 4 nitrogen and oxygen atoms in total. The van der Waals surface area contributed by atoms with Gasteiger partial charge in [-0.2, -0.15) is 26.3 Å². The molecule has 0 saturated heterocycles. The summed E-state index contributed by atoms with van der Waals surface area (Å²) in [6, 6.07) is 5.30. The van der Waals surface area contributed by atoms with E-state index in [1.165, 1.54) is 0 Å². The van der Waals surface area contributed by atoms with Gasteiger partial charge in [0, 0.05) is 12.8 Å². The molecule has 0 aliphatic heterocycles. The Kier molecular flexibility index (Phi) is 8.41. The average Bonchev–Trinajstić information content (AvgIpc) is 2.66. The number of halogens is 8. The van der Waals surface area contributed by atoms with Crippen LogP contribution >= 0.6 is 23.2 Å². The Bertz CT molecular complexity index is 910. The minimum Gasteiger partial charge on any atom is -0.427 e. The molecule has 2 aromatic carbocycles. The molecule has 0 heterocycles. The standard InChI is InChI=1S/C20H14Cl2F6O4/c21-15-7-5-11(9-13(15)19(23,24)25)31-17(29)3-1-2-4-18(30)32-12-6-8-16(22)14(10-12)20(26,27)28/h5-10H,1-4H2. The summed E-state index contributed by atoms with van der Waals surface area (Å²) >= 11 is 11.0. The van der Waals surface area contributed by atoms with Crippen molar-refractivity contribution in [2.75, 3.05) is 0 Å². The van der Waals surface area contributed by atoms with E-state index in [2.05, 4.69) is 0 Å². The first kappa shape index (κ1) is 25.8. The van der Waals surface area contributed by atoms with E-state index in [9.17, 15) is 35.9 Å². The fraction of sp³-hybridized carbons (Fsp3) is 0.300. The molecule has 0 N–H and O–H groups in total. The number of benzene rings is 2. The van der Waals surface area contributed by atoms with Crippen LogP contribution in [-0.4, -0.2) is 11.9 Å². The van der Waals surface area contributed by atoms with Crippen molar-refractivity contribution in [1.82, 2.24) is 0 Å². The molecule has 0 radical (unpaired) electrons. The molecule has 32 heavy (non-hydrogen) atoms. The van der Waals surface area contributed by atoms with Gasteiger partial charge in [0.1, 0.15) is 11.5 Å². The molecular formula is C20H14Cl2F6O4. The normalized spacial score (nSPS) is 11.9. The van der Waals surface area contributed by atoms with Crippen molar-refractivity contribution in [3.63, 3.8) is 0 Å². The van der Waals surface area contributed by atoms with E-state index in [0.717, 1.165) is 24.3 Å². The van der Waals surface area contributed by atoms with Crippen molar-refractivity contribution in [3.05, 3.63) is 57.6 Å². The Morgan fingerprint density at radius 2 is 1.03 bits per heavy atom. The topological polar surface area (TPSA) is 52.6 Å². The second-order valence-corrected chi connectivity index (χ2v) is 7.25. The molecule has 2 aromatic rings. The third-order valence-corrected chi connectivity index (χ3v) is 4.62. The summed E-state index contributed by atoms with van der Waals surface area (Å²) in [7, 11) is 0. The Morgan fingerprint density at radius 3 is 1.34 bits per heavy atom. The average molecular weight is 503 g/mol. The van der Waals surface area contributed by atoms with Crippen LogP contribution in [0.4, 0.5) is 26.3 Å². The second-order valence-electron chi connectivity index (χ2n) is 6.43. The molecule has 174 valence electrons. The van der Waals surface area contributed by atoms with E-state index in [-0.39, 0.29) is 37.2 Å². The van der Waals surface area contributed by atoms with Gasteiger partial charge >= 0.3 is 24.3 Å². The zero-order valence-corrected chi connectivity index (χ0v) is 17.5. The number of esters is 2. The molecule has 0 bridgehead atoms. The van der Waals surface area contributed by atoms with Gasteiger partial charge in [-0.25, -0.2) is 0 Å². The van der Waals surface area contributed by atoms with Gasteiger partial charge in [-0.15, -0.1) is 0 Å². The Labute approximate surface area is 188 Å². The predicted molar refractivity (Wildman–Crippen MR) is 103 cm³/mol. The van der Waals surface area contributed by atoms with Crippen molar-refractivity contribution in [3.8, 4) is 11.5 Å². The molecule has 12 heteroatoms. The summed E-state index contributed by atoms with van der Waals surface area (Å²) in [5.74, 6) is -2.34. The quantitative estimate of drug-likeness (QED) is 0.175. The fourth-order valence-corrected chi connectivity index (χ4v) is 2.92. The number of hydrogen-bond acceptors (Lipinski definition) is 4. The highest BCUT2D eigenvalue weighted by molar-refractivity contribution is 6.31. The Balaban J connectivity index is 1.80. The largest absolute Gasteiger partial charge is 0.427 e. The lowest BCUT2D eigenvalue weighted by Gasteiger charge is -2.11. The molecule has 0 aliphatic carbocycles. The minimum absolute atomic E-state index is 0.127. The first-order valence-corrected chi connectivity index (χ1v) is 9.68. The summed E-state index contributed by atoms with van der Waals surface area (Å²) in [6.45, 7) is 0. The zero-order valence-electron chi connectivity index (χ0n) is 15.9. The van der Waals surface area contributed by atoms with E-state index in [1.54, 1.807) is 0 Å². The summed E-state index contributed by atoms with van der Waals surface area (Å²) < 4.78 is 86.6. The molecule has 0 unspecified atom stereocenters. The van der Waals surface area contributed by atoms with Gasteiger partial charge in [-0.1, -0.05) is 23.2 Å². The van der Waals surface area contributed by atoms with Gasteiger partial charge in [0.15, 0.2) is 0 Å². The first-order chi connectivity index (χ1) is 14.8. The van der Waals surface area contributed by atoms with Crippen LogP contribution in [0.2, 0.25) is 10.0 Å². The SMILES string of the molecule is O=C(CCCCC(=O)Oc1ccc(Cl)c(C(F)(F)F)c1)Oc1ccc(Cl)c(C(F)(F)F)c1. The van der Waals surface area contributed by atoms with E-state index < -0.39 is 45.5 Å². The third kappa shape index (κ3) is 7.59. The fourth-order valence-electron chi connectivity index (χ4n) is 2.47. The Morgan fingerprint density at radius 1 is 0.688 bits per heavy atom. The highest BCUT2D eigenvalue weighted by Gasteiger charge is 2.34. The van der Waals surface area contributed by atoms with Crippen LogP contribution in [-0.2, 0) is 21.9 Å². The predicted octanol–water partition coefficient (Wildman–Crippen LogP) is 7.10. The lowest BCUT2D eigenvalue weighted by atomic mass is 10.2. The van der Waals surface area contributed by atoms with E-state index in [1.807, 2.05) is 0 Å². The maximum atomic E-state index is 12.8. The van der Waals surface area contributed by atoms with Crippen LogP contribution in [0.3, 0.4) is 0 Å². The maximum absolute atomic E-state index is 12.8. The van der Waals surface area contributed by atoms with E-state index in [0.29, 0.717) is 12.1 Å². The summed E-state index contributed by atoms with van der Waals surface area (Å²) in [4.78, 5) is 23.6. The van der Waals surface area contributed by atoms with Gasteiger partial charge in [-0.05, 0) is 49.2 Å². The summed E-state index contributed by atoms with van der Waals surface area (Å²) in [5, 5.41) is -1.09.